The van der Waals surface area contributed by atoms with Crippen molar-refractivity contribution in [3.8, 4) is 11.5 Å². The summed E-state index contributed by atoms with van der Waals surface area (Å²) in [5.41, 5.74) is -5.16. The van der Waals surface area contributed by atoms with E-state index in [0.29, 0.717) is 0 Å². The number of carbonyl (C=O) groups excluding carboxylic acids is 2. The SMILES string of the molecule is O=C(O)c1cccc(OC2=CC=CC3(Oc4cccc(C(=O)O)c4C(=O)O)C(=O)OC(=O)C23)c1C(=O)O. The molecule has 1 heterocycles. The molecule has 2 atom stereocenters. The molecule has 2 aromatic rings. The highest BCUT2D eigenvalue weighted by Crippen LogP contribution is 2.43. The van der Waals surface area contributed by atoms with Crippen LogP contribution in [0.4, 0.5) is 0 Å². The second-order valence-electron chi connectivity index (χ2n) is 7.64. The second-order valence-corrected chi connectivity index (χ2v) is 7.64. The predicted molar refractivity (Wildman–Crippen MR) is 117 cm³/mol. The Bertz CT molecular complexity index is 1460. The van der Waals surface area contributed by atoms with Gasteiger partial charge in [0.25, 0.3) is 0 Å². The van der Waals surface area contributed by atoms with Crippen LogP contribution in [-0.4, -0.2) is 61.8 Å². The first-order chi connectivity index (χ1) is 17.5. The lowest BCUT2D eigenvalue weighted by molar-refractivity contribution is -0.156. The molecule has 13 heteroatoms. The molecule has 2 aliphatic rings. The number of benzene rings is 2. The number of ether oxygens (including phenoxy) is 3. The van der Waals surface area contributed by atoms with Gasteiger partial charge in [0.05, 0.1) is 11.1 Å². The van der Waals surface area contributed by atoms with Crippen molar-refractivity contribution in [2.75, 3.05) is 0 Å². The third-order valence-electron chi connectivity index (χ3n) is 5.51. The molecule has 188 valence electrons. The molecule has 4 N–H and O–H groups in total. The summed E-state index contributed by atoms with van der Waals surface area (Å²) in [5, 5.41) is 37.9. The normalized spacial score (nSPS) is 19.9. The molecule has 0 aromatic heterocycles. The summed E-state index contributed by atoms with van der Waals surface area (Å²) in [5.74, 6) is -12.1. The van der Waals surface area contributed by atoms with Crippen molar-refractivity contribution in [3.63, 3.8) is 0 Å². The van der Waals surface area contributed by atoms with Crippen molar-refractivity contribution in [2.24, 2.45) is 5.92 Å². The molecule has 0 saturated carbocycles. The lowest BCUT2D eigenvalue weighted by Crippen LogP contribution is -2.48. The van der Waals surface area contributed by atoms with Crippen molar-refractivity contribution in [3.05, 3.63) is 82.6 Å². The Hall–Kier alpha value is -5.46. The number of carboxylic acid groups (broad SMARTS) is 4. The van der Waals surface area contributed by atoms with Crippen LogP contribution in [-0.2, 0) is 14.3 Å². The van der Waals surface area contributed by atoms with Gasteiger partial charge in [0, 0.05) is 0 Å². The Balaban J connectivity index is 1.81. The molecule has 1 aliphatic heterocycles. The van der Waals surface area contributed by atoms with Crippen molar-refractivity contribution in [2.45, 2.75) is 5.60 Å². The molecule has 37 heavy (non-hydrogen) atoms. The zero-order chi connectivity index (χ0) is 27.1. The van der Waals surface area contributed by atoms with Crippen LogP contribution in [0.25, 0.3) is 0 Å². The minimum absolute atomic E-state index is 0.380. The average molecular weight is 510 g/mol. The molecule has 0 amide bonds. The minimum Gasteiger partial charge on any atom is -0.478 e. The van der Waals surface area contributed by atoms with Gasteiger partial charge in [-0.1, -0.05) is 18.2 Å². The second kappa shape index (κ2) is 8.96. The first-order valence-electron chi connectivity index (χ1n) is 10.2. The first kappa shape index (κ1) is 24.7. The van der Waals surface area contributed by atoms with Crippen LogP contribution in [0.3, 0.4) is 0 Å². The zero-order valence-corrected chi connectivity index (χ0v) is 18.2. The lowest BCUT2D eigenvalue weighted by atomic mass is 9.83. The van der Waals surface area contributed by atoms with E-state index in [0.717, 1.165) is 36.4 Å². The molecule has 4 rings (SSSR count). The Morgan fingerprint density at radius 1 is 0.784 bits per heavy atom. The fraction of sp³-hybridized carbons (Fsp3) is 0.0833. The van der Waals surface area contributed by atoms with Crippen molar-refractivity contribution in [1.82, 2.24) is 0 Å². The van der Waals surface area contributed by atoms with E-state index in [1.807, 2.05) is 0 Å². The van der Waals surface area contributed by atoms with Gasteiger partial charge in [0.1, 0.15) is 28.4 Å². The van der Waals surface area contributed by atoms with E-state index < -0.39 is 81.1 Å². The highest BCUT2D eigenvalue weighted by molar-refractivity contribution is 6.07. The lowest BCUT2D eigenvalue weighted by Gasteiger charge is -2.31. The van der Waals surface area contributed by atoms with Crippen LogP contribution in [0.5, 0.6) is 11.5 Å². The fourth-order valence-corrected chi connectivity index (χ4v) is 3.96. The summed E-state index contributed by atoms with van der Waals surface area (Å²) in [7, 11) is 0. The molecule has 1 saturated heterocycles. The molecule has 2 aromatic carbocycles. The quantitative estimate of drug-likeness (QED) is 0.295. The fourth-order valence-electron chi connectivity index (χ4n) is 3.96. The molecule has 0 radical (unpaired) electrons. The highest BCUT2D eigenvalue weighted by Gasteiger charge is 2.62. The van der Waals surface area contributed by atoms with Crippen molar-refractivity contribution in [1.29, 1.82) is 0 Å². The van der Waals surface area contributed by atoms with Gasteiger partial charge in [0.2, 0.25) is 5.60 Å². The number of esters is 2. The molecule has 1 aliphatic carbocycles. The van der Waals surface area contributed by atoms with E-state index in [2.05, 4.69) is 0 Å². The van der Waals surface area contributed by atoms with Crippen molar-refractivity contribution < 1.29 is 63.4 Å². The predicted octanol–water partition coefficient (Wildman–Crippen LogP) is 1.83. The minimum atomic E-state index is -2.35. The maximum Gasteiger partial charge on any atom is 0.363 e. The number of cyclic esters (lactones) is 2. The summed E-state index contributed by atoms with van der Waals surface area (Å²) >= 11 is 0. The average Bonchev–Trinajstić information content (AvgIpc) is 3.08. The number of rotatable bonds is 8. The number of aromatic carboxylic acids is 4. The number of fused-ring (bicyclic) bond motifs is 1. The van der Waals surface area contributed by atoms with Gasteiger partial charge in [-0.2, -0.15) is 0 Å². The molecular formula is C24H14O13. The highest BCUT2D eigenvalue weighted by atomic mass is 16.6. The van der Waals surface area contributed by atoms with Crippen LogP contribution in [0, 0.1) is 5.92 Å². The van der Waals surface area contributed by atoms with Crippen LogP contribution in [0.2, 0.25) is 0 Å². The van der Waals surface area contributed by atoms with E-state index in [4.69, 9.17) is 14.2 Å². The number of hydrogen-bond donors (Lipinski definition) is 4. The molecule has 1 fully saturated rings. The summed E-state index contributed by atoms with van der Waals surface area (Å²) in [6.45, 7) is 0. The third-order valence-corrected chi connectivity index (χ3v) is 5.51. The van der Waals surface area contributed by atoms with Crippen LogP contribution in [0.1, 0.15) is 41.4 Å². The van der Waals surface area contributed by atoms with Gasteiger partial charge in [-0.25, -0.2) is 24.0 Å². The van der Waals surface area contributed by atoms with Crippen LogP contribution in [0.15, 0.2) is 60.4 Å². The van der Waals surface area contributed by atoms with E-state index in [1.54, 1.807) is 0 Å². The Kier molecular flexibility index (Phi) is 5.97. The van der Waals surface area contributed by atoms with Gasteiger partial charge in [0.15, 0.2) is 5.92 Å². The topological polar surface area (TPSA) is 211 Å². The Labute approximate surface area is 205 Å². The summed E-state index contributed by atoms with van der Waals surface area (Å²) in [4.78, 5) is 72.2. The third kappa shape index (κ3) is 4.03. The molecule has 0 bridgehead atoms. The molecule has 13 nitrogen and oxygen atoms in total. The van der Waals surface area contributed by atoms with Gasteiger partial charge in [-0.3, -0.25) is 4.79 Å². The number of hydrogen-bond acceptors (Lipinski definition) is 9. The molecule has 0 spiro atoms. The Morgan fingerprint density at radius 3 is 1.86 bits per heavy atom. The summed E-state index contributed by atoms with van der Waals surface area (Å²) in [6, 6.07) is 6.58. The first-order valence-corrected chi connectivity index (χ1v) is 10.2. The van der Waals surface area contributed by atoms with E-state index in [1.165, 1.54) is 18.2 Å². The largest absolute Gasteiger partial charge is 0.478 e. The van der Waals surface area contributed by atoms with Crippen LogP contribution >= 0.6 is 0 Å². The maximum atomic E-state index is 12.8. The van der Waals surface area contributed by atoms with E-state index in [9.17, 15) is 49.2 Å². The van der Waals surface area contributed by atoms with Gasteiger partial charge in [-0.15, -0.1) is 0 Å². The van der Waals surface area contributed by atoms with Gasteiger partial charge >= 0.3 is 35.8 Å². The number of carbonyl (C=O) groups is 6. The summed E-state index contributed by atoms with van der Waals surface area (Å²) < 4.78 is 16.0. The standard InChI is InChI=1S/C24H14O13/c25-18(26)10-4-1-6-12(15(10)20(29)30)35-14-8-3-9-24(17(14)22(33)36-23(24)34)37-13-7-2-5-11(19(27)28)16(13)21(31)32/h1-9,17H,(H,25,26)(H,27,28)(H,29,30)(H,31,32). The van der Waals surface area contributed by atoms with E-state index in [-0.39, 0.29) is 5.76 Å². The number of allylic oxidation sites excluding steroid dienone is 2. The van der Waals surface area contributed by atoms with E-state index >= 15 is 0 Å². The Morgan fingerprint density at radius 2 is 1.32 bits per heavy atom. The zero-order valence-electron chi connectivity index (χ0n) is 18.2. The smallest absolute Gasteiger partial charge is 0.363 e. The van der Waals surface area contributed by atoms with Crippen molar-refractivity contribution >= 4 is 35.8 Å². The van der Waals surface area contributed by atoms with Crippen LogP contribution < -0.4 is 9.47 Å². The maximum absolute atomic E-state index is 12.8. The molecular weight excluding hydrogens is 496 g/mol. The van der Waals surface area contributed by atoms with Gasteiger partial charge in [-0.05, 0) is 36.4 Å². The monoisotopic (exact) mass is 510 g/mol. The summed E-state index contributed by atoms with van der Waals surface area (Å²) in [6.07, 6.45) is 3.44. The van der Waals surface area contributed by atoms with Gasteiger partial charge < -0.3 is 34.6 Å². The molecule has 2 unspecified atom stereocenters. The number of carboxylic acids is 4.